The first kappa shape index (κ1) is 19.8. The van der Waals surface area contributed by atoms with Crippen molar-refractivity contribution < 1.29 is 18.7 Å². The van der Waals surface area contributed by atoms with Gasteiger partial charge in [0.15, 0.2) is 0 Å². The van der Waals surface area contributed by atoms with Crippen molar-refractivity contribution in [3.63, 3.8) is 0 Å². The first-order valence-corrected chi connectivity index (χ1v) is 9.89. The van der Waals surface area contributed by atoms with Crippen LogP contribution in [0.5, 0.6) is 5.75 Å². The van der Waals surface area contributed by atoms with Crippen LogP contribution < -0.4 is 15.2 Å². The van der Waals surface area contributed by atoms with Gasteiger partial charge >= 0.3 is 0 Å². The van der Waals surface area contributed by atoms with E-state index < -0.39 is 11.8 Å². The van der Waals surface area contributed by atoms with Crippen molar-refractivity contribution in [1.82, 2.24) is 5.43 Å². The molecule has 0 aromatic heterocycles. The molecule has 0 atom stereocenters. The number of hydrazine groups is 1. The molecule has 0 saturated carbocycles. The van der Waals surface area contributed by atoms with Crippen LogP contribution in [0.3, 0.4) is 0 Å². The van der Waals surface area contributed by atoms with Crippen LogP contribution in [0.1, 0.15) is 11.1 Å². The third kappa shape index (κ3) is 4.26. The molecule has 7 heteroatoms. The molecule has 1 aliphatic heterocycles. The van der Waals surface area contributed by atoms with Gasteiger partial charge in [-0.2, -0.15) is 0 Å². The fourth-order valence-electron chi connectivity index (χ4n) is 2.95. The molecular formula is C23H16BrFN2O3. The van der Waals surface area contributed by atoms with E-state index in [0.29, 0.717) is 21.5 Å². The van der Waals surface area contributed by atoms with Crippen molar-refractivity contribution >= 4 is 39.5 Å². The SMILES string of the molecule is O=C1NN(c2ccccc2)C(=O)/C1=C\c1ccc(OCc2ccc(F)cc2)c(Br)c1. The van der Waals surface area contributed by atoms with E-state index in [-0.39, 0.29) is 18.0 Å². The molecule has 0 bridgehead atoms. The molecular weight excluding hydrogens is 451 g/mol. The number of nitrogens with one attached hydrogen (secondary N) is 1. The summed E-state index contributed by atoms with van der Waals surface area (Å²) < 4.78 is 19.4. The van der Waals surface area contributed by atoms with Gasteiger partial charge < -0.3 is 4.74 Å². The number of para-hydroxylation sites is 1. The van der Waals surface area contributed by atoms with Crippen LogP contribution in [-0.2, 0) is 16.2 Å². The number of halogens is 2. The maximum Gasteiger partial charge on any atom is 0.282 e. The predicted molar refractivity (Wildman–Crippen MR) is 115 cm³/mol. The third-order valence-electron chi connectivity index (χ3n) is 4.48. The molecule has 4 rings (SSSR count). The highest BCUT2D eigenvalue weighted by atomic mass is 79.9. The van der Waals surface area contributed by atoms with Crippen LogP contribution >= 0.6 is 15.9 Å². The van der Waals surface area contributed by atoms with E-state index in [4.69, 9.17) is 4.74 Å². The van der Waals surface area contributed by atoms with Crippen molar-refractivity contribution in [2.75, 3.05) is 5.01 Å². The second kappa shape index (κ2) is 8.51. The molecule has 3 aromatic rings. The van der Waals surface area contributed by atoms with E-state index in [1.807, 2.05) is 6.07 Å². The zero-order valence-electron chi connectivity index (χ0n) is 15.6. The molecule has 1 fully saturated rings. The molecule has 3 aromatic carbocycles. The summed E-state index contributed by atoms with van der Waals surface area (Å²) in [5.41, 5.74) is 4.71. The number of carbonyl (C=O) groups excluding carboxylic acids is 2. The van der Waals surface area contributed by atoms with E-state index in [9.17, 15) is 14.0 Å². The van der Waals surface area contributed by atoms with Gasteiger partial charge in [-0.25, -0.2) is 9.40 Å². The van der Waals surface area contributed by atoms with Crippen molar-refractivity contribution in [3.05, 3.63) is 99.8 Å². The molecule has 0 spiro atoms. The zero-order chi connectivity index (χ0) is 21.1. The van der Waals surface area contributed by atoms with E-state index >= 15 is 0 Å². The lowest BCUT2D eigenvalue weighted by atomic mass is 10.1. The van der Waals surface area contributed by atoms with Gasteiger partial charge in [0.2, 0.25) is 0 Å². The molecule has 1 aliphatic rings. The Bertz CT molecular complexity index is 1130. The molecule has 5 nitrogen and oxygen atoms in total. The smallest absolute Gasteiger partial charge is 0.282 e. The average molecular weight is 467 g/mol. The van der Waals surface area contributed by atoms with Crippen LogP contribution in [0.4, 0.5) is 10.1 Å². The lowest BCUT2D eigenvalue weighted by Gasteiger charge is -2.13. The summed E-state index contributed by atoms with van der Waals surface area (Å²) in [5, 5.41) is 1.23. The highest BCUT2D eigenvalue weighted by molar-refractivity contribution is 9.10. The van der Waals surface area contributed by atoms with Gasteiger partial charge in [-0.15, -0.1) is 0 Å². The van der Waals surface area contributed by atoms with Gasteiger partial charge in [0.05, 0.1) is 10.2 Å². The monoisotopic (exact) mass is 466 g/mol. The average Bonchev–Trinajstić information content (AvgIpc) is 3.03. The predicted octanol–water partition coefficient (Wildman–Crippen LogP) is 4.63. The Labute approximate surface area is 180 Å². The first-order chi connectivity index (χ1) is 14.5. The lowest BCUT2D eigenvalue weighted by molar-refractivity contribution is -0.117. The van der Waals surface area contributed by atoms with Crippen LogP contribution in [-0.4, -0.2) is 11.8 Å². The van der Waals surface area contributed by atoms with E-state index in [1.165, 1.54) is 23.2 Å². The summed E-state index contributed by atoms with van der Waals surface area (Å²) in [7, 11) is 0. The minimum atomic E-state index is -0.461. The Balaban J connectivity index is 1.50. The molecule has 1 N–H and O–H groups in total. The number of ether oxygens (including phenoxy) is 1. The molecule has 0 radical (unpaired) electrons. The minimum absolute atomic E-state index is 0.0470. The van der Waals surface area contributed by atoms with Gasteiger partial charge in [0.1, 0.15) is 23.7 Å². The van der Waals surface area contributed by atoms with Gasteiger partial charge in [0.25, 0.3) is 11.8 Å². The summed E-state index contributed by atoms with van der Waals surface area (Å²) in [6.45, 7) is 0.284. The van der Waals surface area contributed by atoms with E-state index in [0.717, 1.165) is 5.56 Å². The van der Waals surface area contributed by atoms with E-state index in [1.54, 1.807) is 54.6 Å². The molecule has 150 valence electrons. The van der Waals surface area contributed by atoms with Gasteiger partial charge in [-0.1, -0.05) is 36.4 Å². The summed E-state index contributed by atoms with van der Waals surface area (Å²) in [5.74, 6) is -0.584. The number of rotatable bonds is 5. The van der Waals surface area contributed by atoms with Crippen LogP contribution in [0.2, 0.25) is 0 Å². The van der Waals surface area contributed by atoms with E-state index in [2.05, 4.69) is 21.4 Å². The van der Waals surface area contributed by atoms with Crippen LogP contribution in [0.25, 0.3) is 6.08 Å². The first-order valence-electron chi connectivity index (χ1n) is 9.10. The Morgan fingerprint density at radius 3 is 2.43 bits per heavy atom. The van der Waals surface area contributed by atoms with Gasteiger partial charge in [-0.3, -0.25) is 15.0 Å². The molecule has 0 unspecified atom stereocenters. The standard InChI is InChI=1S/C23H16BrFN2O3/c24-20-13-16(8-11-21(20)30-14-15-6-9-17(25)10-7-15)12-19-22(28)26-27(23(19)29)18-4-2-1-3-5-18/h1-13H,14H2,(H,26,28)/b19-12-. The Morgan fingerprint density at radius 1 is 1.00 bits per heavy atom. The van der Waals surface area contributed by atoms with Crippen molar-refractivity contribution in [3.8, 4) is 5.75 Å². The largest absolute Gasteiger partial charge is 0.488 e. The normalized spacial score (nSPS) is 14.9. The number of amides is 2. The van der Waals surface area contributed by atoms with Gasteiger partial charge in [-0.05, 0) is 69.5 Å². The summed E-state index contributed by atoms with van der Waals surface area (Å²) in [6, 6.07) is 20.2. The highest BCUT2D eigenvalue weighted by Crippen LogP contribution is 2.29. The van der Waals surface area contributed by atoms with Crippen LogP contribution in [0, 0.1) is 5.82 Å². The highest BCUT2D eigenvalue weighted by Gasteiger charge is 2.34. The number of hydrogen-bond donors (Lipinski definition) is 1. The summed E-state index contributed by atoms with van der Waals surface area (Å²) in [4.78, 5) is 25.0. The lowest BCUT2D eigenvalue weighted by Crippen LogP contribution is -2.35. The number of carbonyl (C=O) groups is 2. The number of anilines is 1. The summed E-state index contributed by atoms with van der Waals surface area (Å²) >= 11 is 3.45. The fraction of sp³-hybridized carbons (Fsp3) is 0.0435. The Hall–Kier alpha value is -3.45. The maximum absolute atomic E-state index is 13.0. The maximum atomic E-state index is 13.0. The van der Waals surface area contributed by atoms with Crippen molar-refractivity contribution in [2.24, 2.45) is 0 Å². The van der Waals surface area contributed by atoms with Crippen LogP contribution in [0.15, 0.2) is 82.8 Å². The molecule has 2 amide bonds. The molecule has 1 heterocycles. The molecule has 0 aliphatic carbocycles. The van der Waals surface area contributed by atoms with Crippen molar-refractivity contribution in [1.29, 1.82) is 0 Å². The number of benzene rings is 3. The fourth-order valence-corrected chi connectivity index (χ4v) is 3.46. The Kier molecular flexibility index (Phi) is 5.63. The second-order valence-electron chi connectivity index (χ2n) is 6.58. The summed E-state index contributed by atoms with van der Waals surface area (Å²) in [6.07, 6.45) is 1.54. The van der Waals surface area contributed by atoms with Crippen molar-refractivity contribution in [2.45, 2.75) is 6.61 Å². The Morgan fingerprint density at radius 2 is 1.73 bits per heavy atom. The zero-order valence-corrected chi connectivity index (χ0v) is 17.2. The quantitative estimate of drug-likeness (QED) is 0.440. The number of hydrogen-bond acceptors (Lipinski definition) is 3. The topological polar surface area (TPSA) is 58.6 Å². The number of nitrogens with zero attached hydrogens (tertiary/aromatic N) is 1. The minimum Gasteiger partial charge on any atom is -0.488 e. The van der Waals surface area contributed by atoms with Gasteiger partial charge in [0, 0.05) is 0 Å². The molecule has 30 heavy (non-hydrogen) atoms. The second-order valence-corrected chi connectivity index (χ2v) is 7.43. The molecule has 1 saturated heterocycles. The third-order valence-corrected chi connectivity index (χ3v) is 5.10.